The zero-order valence-corrected chi connectivity index (χ0v) is 7.49. The lowest BCUT2D eigenvalue weighted by Crippen LogP contribution is -1.98. The number of hydrogen-bond acceptors (Lipinski definition) is 2. The molecule has 0 atom stereocenters. The van der Waals surface area contributed by atoms with Gasteiger partial charge in [0.2, 0.25) is 0 Å². The average molecular weight is 168 g/mol. The van der Waals surface area contributed by atoms with Crippen molar-refractivity contribution < 1.29 is 4.74 Å². The normalized spacial score (nSPS) is 14.8. The maximum atomic E-state index is 5.17. The smallest absolute Gasteiger partial charge is 0.156 e. The summed E-state index contributed by atoms with van der Waals surface area (Å²) in [5.74, 6) is 0. The molecular weight excluding hydrogens is 156 g/mol. The van der Waals surface area contributed by atoms with E-state index in [1.165, 1.54) is 5.57 Å². The molecule has 2 heteroatoms. The molecule has 1 aliphatic rings. The fraction of sp³-hybridized carbons (Fsp3) is 0.444. The zero-order valence-electron chi connectivity index (χ0n) is 6.67. The Morgan fingerprint density at radius 3 is 3.09 bits per heavy atom. The Morgan fingerprint density at radius 2 is 2.55 bits per heavy atom. The summed E-state index contributed by atoms with van der Waals surface area (Å²) in [6, 6.07) is 0. The number of hydrogen-bond donors (Lipinski definition) is 0. The summed E-state index contributed by atoms with van der Waals surface area (Å²) in [6.45, 7) is 2.53. The van der Waals surface area contributed by atoms with E-state index in [1.807, 2.05) is 0 Å². The van der Waals surface area contributed by atoms with Gasteiger partial charge in [-0.15, -0.1) is 0 Å². The van der Waals surface area contributed by atoms with Crippen LogP contribution < -0.4 is 0 Å². The van der Waals surface area contributed by atoms with Crippen LogP contribution in [0.4, 0.5) is 0 Å². The van der Waals surface area contributed by atoms with Crippen LogP contribution in [0.1, 0.15) is 19.8 Å². The Bertz CT molecular complexity index is 204. The second kappa shape index (κ2) is 4.29. The molecule has 0 aromatic carbocycles. The monoisotopic (exact) mass is 168 g/mol. The molecule has 0 fully saturated rings. The van der Waals surface area contributed by atoms with E-state index >= 15 is 0 Å². The Labute approximate surface area is 72.7 Å². The summed E-state index contributed by atoms with van der Waals surface area (Å²) >= 11 is 4.78. The Balaban J connectivity index is 2.09. The predicted octanol–water partition coefficient (Wildman–Crippen LogP) is 2.63. The van der Waals surface area contributed by atoms with Gasteiger partial charge in [0.05, 0.1) is 6.61 Å². The van der Waals surface area contributed by atoms with Gasteiger partial charge in [0.1, 0.15) is 0 Å². The Hall–Kier alpha value is -0.630. The highest BCUT2D eigenvalue weighted by Gasteiger charge is 1.98. The minimum Gasteiger partial charge on any atom is -0.487 e. The van der Waals surface area contributed by atoms with Gasteiger partial charge in [-0.1, -0.05) is 23.8 Å². The first-order valence-electron chi connectivity index (χ1n) is 3.77. The van der Waals surface area contributed by atoms with Gasteiger partial charge in [-0.2, -0.15) is 0 Å². The van der Waals surface area contributed by atoms with E-state index in [2.05, 4.69) is 18.2 Å². The minimum absolute atomic E-state index is 0.636. The van der Waals surface area contributed by atoms with Crippen LogP contribution in [0.25, 0.3) is 0 Å². The fourth-order valence-electron chi connectivity index (χ4n) is 1.00. The van der Waals surface area contributed by atoms with Crippen LogP contribution >= 0.6 is 12.2 Å². The summed E-state index contributed by atoms with van der Waals surface area (Å²) in [4.78, 5) is 0. The summed E-state index contributed by atoms with van der Waals surface area (Å²) in [5, 5.41) is 0.636. The summed E-state index contributed by atoms with van der Waals surface area (Å²) < 4.78 is 5.17. The number of thiocarbonyl (C=S) groups is 1. The standard InChI is InChI=1S/C9H12OS/c1-8(11)10-7-6-9-4-2-3-5-9/h2-4H,5-7H2,1H3. The SMILES string of the molecule is CC(=S)OCCC1=CC=CC1. The summed E-state index contributed by atoms with van der Waals surface area (Å²) in [7, 11) is 0. The molecule has 0 saturated carbocycles. The third-order valence-corrected chi connectivity index (χ3v) is 1.69. The lowest BCUT2D eigenvalue weighted by Gasteiger charge is -2.03. The molecule has 60 valence electrons. The van der Waals surface area contributed by atoms with Crippen LogP contribution in [-0.4, -0.2) is 11.7 Å². The molecule has 0 saturated heterocycles. The van der Waals surface area contributed by atoms with Crippen molar-refractivity contribution in [1.29, 1.82) is 0 Å². The van der Waals surface area contributed by atoms with E-state index < -0.39 is 0 Å². The van der Waals surface area contributed by atoms with Gasteiger partial charge in [0, 0.05) is 13.3 Å². The quantitative estimate of drug-likeness (QED) is 0.599. The van der Waals surface area contributed by atoms with Crippen molar-refractivity contribution >= 4 is 17.3 Å². The van der Waals surface area contributed by atoms with Crippen molar-refractivity contribution in [1.82, 2.24) is 0 Å². The molecule has 1 aliphatic carbocycles. The fourth-order valence-corrected chi connectivity index (χ4v) is 1.09. The average Bonchev–Trinajstić information content (AvgIpc) is 2.39. The Morgan fingerprint density at radius 1 is 1.73 bits per heavy atom. The molecule has 0 radical (unpaired) electrons. The van der Waals surface area contributed by atoms with Crippen molar-refractivity contribution in [3.05, 3.63) is 23.8 Å². The lowest BCUT2D eigenvalue weighted by atomic mass is 10.2. The number of allylic oxidation sites excluding steroid dienone is 3. The first kappa shape index (κ1) is 8.47. The van der Waals surface area contributed by atoms with Crippen molar-refractivity contribution in [3.63, 3.8) is 0 Å². The van der Waals surface area contributed by atoms with Gasteiger partial charge >= 0.3 is 0 Å². The van der Waals surface area contributed by atoms with Crippen LogP contribution in [0.5, 0.6) is 0 Å². The molecule has 0 unspecified atom stereocenters. The van der Waals surface area contributed by atoms with Crippen molar-refractivity contribution in [2.45, 2.75) is 19.8 Å². The third kappa shape index (κ3) is 3.33. The molecule has 0 aromatic rings. The molecule has 0 spiro atoms. The van der Waals surface area contributed by atoms with E-state index in [-0.39, 0.29) is 0 Å². The first-order chi connectivity index (χ1) is 5.29. The summed E-state index contributed by atoms with van der Waals surface area (Å²) in [6.07, 6.45) is 8.46. The lowest BCUT2D eigenvalue weighted by molar-refractivity contribution is 0.314. The molecule has 0 N–H and O–H groups in total. The van der Waals surface area contributed by atoms with E-state index in [0.29, 0.717) is 5.05 Å². The van der Waals surface area contributed by atoms with Gasteiger partial charge in [-0.3, -0.25) is 0 Å². The van der Waals surface area contributed by atoms with E-state index in [0.717, 1.165) is 19.4 Å². The molecule has 11 heavy (non-hydrogen) atoms. The molecule has 0 heterocycles. The van der Waals surface area contributed by atoms with Crippen LogP contribution in [0.15, 0.2) is 23.8 Å². The molecule has 0 aromatic heterocycles. The van der Waals surface area contributed by atoms with Crippen molar-refractivity contribution in [2.75, 3.05) is 6.61 Å². The second-order valence-corrected chi connectivity index (χ2v) is 3.12. The van der Waals surface area contributed by atoms with Gasteiger partial charge in [0.25, 0.3) is 0 Å². The van der Waals surface area contributed by atoms with Gasteiger partial charge < -0.3 is 4.74 Å². The van der Waals surface area contributed by atoms with E-state index in [1.54, 1.807) is 6.92 Å². The predicted molar refractivity (Wildman–Crippen MR) is 50.7 cm³/mol. The molecular formula is C9H12OS. The molecule has 1 rings (SSSR count). The van der Waals surface area contributed by atoms with Gasteiger partial charge in [-0.05, 0) is 18.6 Å². The maximum absolute atomic E-state index is 5.17. The second-order valence-electron chi connectivity index (χ2n) is 2.55. The van der Waals surface area contributed by atoms with Crippen LogP contribution in [0, 0.1) is 0 Å². The third-order valence-electron chi connectivity index (χ3n) is 1.58. The summed E-state index contributed by atoms with van der Waals surface area (Å²) in [5.41, 5.74) is 1.43. The van der Waals surface area contributed by atoms with Crippen LogP contribution in [0.2, 0.25) is 0 Å². The number of ether oxygens (including phenoxy) is 1. The van der Waals surface area contributed by atoms with Crippen molar-refractivity contribution in [2.24, 2.45) is 0 Å². The Kier molecular flexibility index (Phi) is 3.30. The maximum Gasteiger partial charge on any atom is 0.156 e. The molecule has 1 nitrogen and oxygen atoms in total. The highest BCUT2D eigenvalue weighted by molar-refractivity contribution is 7.80. The number of rotatable bonds is 3. The first-order valence-corrected chi connectivity index (χ1v) is 4.18. The van der Waals surface area contributed by atoms with E-state index in [4.69, 9.17) is 17.0 Å². The van der Waals surface area contributed by atoms with E-state index in [9.17, 15) is 0 Å². The van der Waals surface area contributed by atoms with Gasteiger partial charge in [0.15, 0.2) is 5.05 Å². The highest BCUT2D eigenvalue weighted by Crippen LogP contribution is 2.13. The molecule has 0 bridgehead atoms. The zero-order chi connectivity index (χ0) is 8.10. The minimum atomic E-state index is 0.636. The largest absolute Gasteiger partial charge is 0.487 e. The van der Waals surface area contributed by atoms with Crippen LogP contribution in [0.3, 0.4) is 0 Å². The van der Waals surface area contributed by atoms with Crippen LogP contribution in [-0.2, 0) is 4.74 Å². The van der Waals surface area contributed by atoms with Crippen molar-refractivity contribution in [3.8, 4) is 0 Å². The molecule has 0 aliphatic heterocycles. The topological polar surface area (TPSA) is 9.23 Å². The van der Waals surface area contributed by atoms with Gasteiger partial charge in [-0.25, -0.2) is 0 Å². The molecule has 0 amide bonds. The highest BCUT2D eigenvalue weighted by atomic mass is 32.1.